The molecule has 1 unspecified atom stereocenters. The van der Waals surface area contributed by atoms with Gasteiger partial charge in [0.25, 0.3) is 0 Å². The molecule has 124 valence electrons. The molecule has 22 heavy (non-hydrogen) atoms. The van der Waals surface area contributed by atoms with Gasteiger partial charge in [0.05, 0.1) is 21.7 Å². The molecule has 1 N–H and O–H groups in total. The Morgan fingerprint density at radius 2 is 1.86 bits per heavy atom. The predicted octanol–water partition coefficient (Wildman–Crippen LogP) is 1.15. The van der Waals surface area contributed by atoms with Crippen LogP contribution in [-0.4, -0.2) is 45.7 Å². The third-order valence-electron chi connectivity index (χ3n) is 3.95. The number of sulfone groups is 2. The molecule has 5 nitrogen and oxygen atoms in total. The number of rotatable bonds is 5. The Kier molecular flexibility index (Phi) is 4.93. The molecular weight excluding hydrogens is 329 g/mol. The number of benzene rings is 1. The van der Waals surface area contributed by atoms with Crippen molar-refractivity contribution < 1.29 is 21.2 Å². The van der Waals surface area contributed by atoms with Crippen molar-refractivity contribution in [2.45, 2.75) is 42.5 Å². The molecule has 1 aromatic rings. The van der Waals surface area contributed by atoms with Gasteiger partial charge in [0.1, 0.15) is 5.82 Å². The average Bonchev–Trinajstić information content (AvgIpc) is 2.74. The lowest BCUT2D eigenvalue weighted by Crippen LogP contribution is -2.46. The number of hydrogen-bond acceptors (Lipinski definition) is 5. The van der Waals surface area contributed by atoms with Gasteiger partial charge < -0.3 is 5.32 Å². The summed E-state index contributed by atoms with van der Waals surface area (Å²) in [7, 11) is -7.25. The molecular formula is C14H20FNO4S2. The van der Waals surface area contributed by atoms with Gasteiger partial charge in [0.2, 0.25) is 0 Å². The van der Waals surface area contributed by atoms with Crippen LogP contribution in [0, 0.1) is 5.82 Å². The molecule has 8 heteroatoms. The summed E-state index contributed by atoms with van der Waals surface area (Å²) in [6, 6.07) is 3.85. The van der Waals surface area contributed by atoms with E-state index in [1.165, 1.54) is 12.1 Å². The minimum atomic E-state index is -3.84. The molecule has 0 amide bonds. The lowest BCUT2D eigenvalue weighted by atomic mass is 10.2. The average molecular weight is 349 g/mol. The lowest BCUT2D eigenvalue weighted by Gasteiger charge is -2.23. The SMILES string of the molecule is CCC(C)N[C@@H]1CS(=O)(=O)C[C@H]1S(=O)(=O)c1ccc(F)cc1. The second-order valence-corrected chi connectivity index (χ2v) is 10.0. The highest BCUT2D eigenvalue weighted by molar-refractivity contribution is 7.96. The molecule has 1 aromatic carbocycles. The van der Waals surface area contributed by atoms with Crippen molar-refractivity contribution in [3.05, 3.63) is 30.1 Å². The van der Waals surface area contributed by atoms with Gasteiger partial charge in [0, 0.05) is 12.1 Å². The molecule has 1 aliphatic rings. The van der Waals surface area contributed by atoms with Crippen molar-refractivity contribution in [2.24, 2.45) is 0 Å². The van der Waals surface area contributed by atoms with Crippen LogP contribution in [-0.2, 0) is 19.7 Å². The van der Waals surface area contributed by atoms with Crippen LogP contribution in [0.5, 0.6) is 0 Å². The summed E-state index contributed by atoms with van der Waals surface area (Å²) >= 11 is 0. The standard InChI is InChI=1S/C14H20FNO4S2/c1-3-10(2)16-13-8-21(17,18)9-14(13)22(19,20)12-6-4-11(15)5-7-12/h4-7,10,13-14,16H,3,8-9H2,1-2H3/t10?,13-,14-/m1/s1. The Balaban J connectivity index is 2.36. The zero-order valence-corrected chi connectivity index (χ0v) is 14.1. The van der Waals surface area contributed by atoms with E-state index in [2.05, 4.69) is 5.32 Å². The topological polar surface area (TPSA) is 80.3 Å². The molecule has 0 bridgehead atoms. The third-order valence-corrected chi connectivity index (χ3v) is 8.12. The van der Waals surface area contributed by atoms with Crippen molar-refractivity contribution in [1.29, 1.82) is 0 Å². The van der Waals surface area contributed by atoms with Crippen LogP contribution in [0.15, 0.2) is 29.2 Å². The van der Waals surface area contributed by atoms with E-state index in [0.717, 1.165) is 18.6 Å². The van der Waals surface area contributed by atoms with Gasteiger partial charge in [0.15, 0.2) is 19.7 Å². The van der Waals surface area contributed by atoms with Crippen LogP contribution in [0.2, 0.25) is 0 Å². The van der Waals surface area contributed by atoms with Crippen LogP contribution in [0.25, 0.3) is 0 Å². The predicted molar refractivity (Wildman–Crippen MR) is 82.7 cm³/mol. The zero-order chi connectivity index (χ0) is 16.5. The third kappa shape index (κ3) is 3.67. The first kappa shape index (κ1) is 17.4. The molecule has 0 saturated carbocycles. The van der Waals surface area contributed by atoms with Crippen molar-refractivity contribution in [2.75, 3.05) is 11.5 Å². The van der Waals surface area contributed by atoms with Gasteiger partial charge in [-0.25, -0.2) is 21.2 Å². The molecule has 0 aliphatic carbocycles. The van der Waals surface area contributed by atoms with Crippen LogP contribution in [0.4, 0.5) is 4.39 Å². The first-order valence-corrected chi connectivity index (χ1v) is 10.5. The molecule has 1 aliphatic heterocycles. The Morgan fingerprint density at radius 3 is 2.41 bits per heavy atom. The second kappa shape index (κ2) is 6.25. The molecule has 1 saturated heterocycles. The lowest BCUT2D eigenvalue weighted by molar-refractivity contribution is 0.456. The maximum Gasteiger partial charge on any atom is 0.183 e. The summed E-state index contributed by atoms with van der Waals surface area (Å²) in [5, 5.41) is 2.04. The van der Waals surface area contributed by atoms with Gasteiger partial charge in [-0.2, -0.15) is 0 Å². The van der Waals surface area contributed by atoms with E-state index in [9.17, 15) is 21.2 Å². The summed E-state index contributed by atoms with van der Waals surface area (Å²) in [6.45, 7) is 3.82. The maximum atomic E-state index is 13.0. The molecule has 1 heterocycles. The number of halogens is 1. The molecule has 1 fully saturated rings. The molecule has 2 rings (SSSR count). The van der Waals surface area contributed by atoms with E-state index >= 15 is 0 Å². The van der Waals surface area contributed by atoms with Crippen LogP contribution in [0.1, 0.15) is 20.3 Å². The number of hydrogen-bond donors (Lipinski definition) is 1. The van der Waals surface area contributed by atoms with Gasteiger partial charge in [-0.1, -0.05) is 6.92 Å². The minimum absolute atomic E-state index is 0.0178. The van der Waals surface area contributed by atoms with E-state index in [-0.39, 0.29) is 16.7 Å². The van der Waals surface area contributed by atoms with E-state index in [0.29, 0.717) is 0 Å². The van der Waals surface area contributed by atoms with E-state index in [4.69, 9.17) is 0 Å². The Morgan fingerprint density at radius 1 is 1.27 bits per heavy atom. The van der Waals surface area contributed by atoms with Crippen LogP contribution in [0.3, 0.4) is 0 Å². The van der Waals surface area contributed by atoms with Gasteiger partial charge >= 0.3 is 0 Å². The largest absolute Gasteiger partial charge is 0.309 e. The normalized spacial score (nSPS) is 26.0. The number of nitrogens with one attached hydrogen (secondary N) is 1. The molecule has 0 aromatic heterocycles. The van der Waals surface area contributed by atoms with Crippen molar-refractivity contribution >= 4 is 19.7 Å². The van der Waals surface area contributed by atoms with Crippen molar-refractivity contribution in [1.82, 2.24) is 5.32 Å². The smallest absolute Gasteiger partial charge is 0.183 e. The van der Waals surface area contributed by atoms with Crippen LogP contribution >= 0.6 is 0 Å². The van der Waals surface area contributed by atoms with E-state index in [1.54, 1.807) is 0 Å². The maximum absolute atomic E-state index is 13.0. The fourth-order valence-electron chi connectivity index (χ4n) is 2.56. The quantitative estimate of drug-likeness (QED) is 0.807. The molecule has 3 atom stereocenters. The summed E-state index contributed by atoms with van der Waals surface area (Å²) in [6.07, 6.45) is 0.764. The Hall–Kier alpha value is -0.990. The second-order valence-electron chi connectivity index (χ2n) is 5.70. The van der Waals surface area contributed by atoms with Gasteiger partial charge in [-0.3, -0.25) is 0 Å². The van der Waals surface area contributed by atoms with Crippen molar-refractivity contribution in [3.8, 4) is 0 Å². The highest BCUT2D eigenvalue weighted by Crippen LogP contribution is 2.26. The first-order valence-electron chi connectivity index (χ1n) is 7.11. The summed E-state index contributed by atoms with van der Waals surface area (Å²) in [5.74, 6) is -1.13. The molecule has 0 radical (unpaired) electrons. The monoisotopic (exact) mass is 349 g/mol. The first-order chi connectivity index (χ1) is 10.2. The van der Waals surface area contributed by atoms with Crippen molar-refractivity contribution in [3.63, 3.8) is 0 Å². The summed E-state index contributed by atoms with van der Waals surface area (Å²) in [4.78, 5) is -0.0491. The van der Waals surface area contributed by atoms with Gasteiger partial charge in [-0.15, -0.1) is 0 Å². The molecule has 0 spiro atoms. The minimum Gasteiger partial charge on any atom is -0.309 e. The zero-order valence-electron chi connectivity index (χ0n) is 12.5. The summed E-state index contributed by atoms with van der Waals surface area (Å²) < 4.78 is 62.1. The fraction of sp³-hybridized carbons (Fsp3) is 0.571. The van der Waals surface area contributed by atoms with Gasteiger partial charge in [-0.05, 0) is 37.6 Å². The summed E-state index contributed by atoms with van der Waals surface area (Å²) in [5.41, 5.74) is 0. The van der Waals surface area contributed by atoms with Crippen LogP contribution < -0.4 is 5.32 Å². The fourth-order valence-corrected chi connectivity index (χ4v) is 7.24. The highest BCUT2D eigenvalue weighted by Gasteiger charge is 2.45. The Bertz CT molecular complexity index is 729. The van der Waals surface area contributed by atoms with E-state index < -0.39 is 42.5 Å². The van der Waals surface area contributed by atoms with E-state index in [1.807, 2.05) is 13.8 Å². The Labute approximate surface area is 130 Å². The highest BCUT2D eigenvalue weighted by atomic mass is 32.2.